The zero-order valence-corrected chi connectivity index (χ0v) is 12.7. The molecule has 21 heavy (non-hydrogen) atoms. The molecule has 0 radical (unpaired) electrons. The van der Waals surface area contributed by atoms with Crippen molar-refractivity contribution in [3.8, 4) is 0 Å². The Hall–Kier alpha value is -1.88. The predicted octanol–water partition coefficient (Wildman–Crippen LogP) is 2.18. The molecule has 0 aliphatic carbocycles. The summed E-state index contributed by atoms with van der Waals surface area (Å²) in [6.45, 7) is 7.28. The quantitative estimate of drug-likeness (QED) is 0.941. The van der Waals surface area contributed by atoms with Crippen molar-refractivity contribution >= 4 is 16.9 Å². The largest absolute Gasteiger partial charge is 0.341 e. The highest BCUT2D eigenvalue weighted by atomic mass is 16.2. The predicted molar refractivity (Wildman–Crippen MR) is 83.0 cm³/mol. The van der Waals surface area contributed by atoms with E-state index < -0.39 is 0 Å². The number of hydrogen-bond acceptors (Lipinski definition) is 3. The van der Waals surface area contributed by atoms with E-state index in [2.05, 4.69) is 22.9 Å². The van der Waals surface area contributed by atoms with Crippen molar-refractivity contribution in [2.75, 3.05) is 26.2 Å². The Morgan fingerprint density at radius 3 is 2.62 bits per heavy atom. The summed E-state index contributed by atoms with van der Waals surface area (Å²) < 4.78 is 0. The lowest BCUT2D eigenvalue weighted by Crippen LogP contribution is -2.49. The fraction of sp³-hybridized carbons (Fsp3) is 0.500. The lowest BCUT2D eigenvalue weighted by molar-refractivity contribution is -0.130. The second kappa shape index (κ2) is 5.85. The van der Waals surface area contributed by atoms with Crippen LogP contribution in [-0.2, 0) is 4.79 Å². The molecule has 5 heteroatoms. The van der Waals surface area contributed by atoms with Crippen LogP contribution in [0.25, 0.3) is 11.0 Å². The number of H-pyrrole nitrogens is 1. The molecular weight excluding hydrogens is 264 g/mol. The Bertz CT molecular complexity index is 595. The molecule has 3 rings (SSSR count). The molecule has 5 nitrogen and oxygen atoms in total. The first-order chi connectivity index (χ1) is 10.2. The first kappa shape index (κ1) is 14.1. The summed E-state index contributed by atoms with van der Waals surface area (Å²) in [4.78, 5) is 23.9. The van der Waals surface area contributed by atoms with Crippen molar-refractivity contribution in [2.24, 2.45) is 0 Å². The van der Waals surface area contributed by atoms with Crippen LogP contribution in [0.3, 0.4) is 0 Å². The zero-order chi connectivity index (χ0) is 14.8. The zero-order valence-electron chi connectivity index (χ0n) is 12.7. The van der Waals surface area contributed by atoms with Crippen molar-refractivity contribution in [1.29, 1.82) is 0 Å². The minimum atomic E-state index is 0.173. The molecule has 1 aromatic carbocycles. The van der Waals surface area contributed by atoms with E-state index in [0.29, 0.717) is 6.04 Å². The van der Waals surface area contributed by atoms with Gasteiger partial charge in [0.2, 0.25) is 5.91 Å². The van der Waals surface area contributed by atoms with Gasteiger partial charge in [-0.15, -0.1) is 0 Å². The summed E-state index contributed by atoms with van der Waals surface area (Å²) in [5.74, 6) is 1.21. The molecule has 1 N–H and O–H groups in total. The van der Waals surface area contributed by atoms with Gasteiger partial charge in [0.15, 0.2) is 0 Å². The van der Waals surface area contributed by atoms with E-state index in [1.165, 1.54) is 0 Å². The van der Waals surface area contributed by atoms with Crippen LogP contribution in [-0.4, -0.2) is 51.9 Å². The molecule has 1 aliphatic heterocycles. The number of aromatic amines is 1. The lowest BCUT2D eigenvalue weighted by Gasteiger charge is -2.38. The molecule has 2 heterocycles. The maximum atomic E-state index is 11.4. The first-order valence-corrected chi connectivity index (χ1v) is 7.63. The second-order valence-electron chi connectivity index (χ2n) is 5.61. The molecule has 2 aromatic rings. The van der Waals surface area contributed by atoms with Gasteiger partial charge in [-0.1, -0.05) is 19.1 Å². The highest BCUT2D eigenvalue weighted by Gasteiger charge is 2.26. The molecule has 0 saturated carbocycles. The number of amides is 1. The Balaban J connectivity index is 1.77. The number of carbonyl (C=O) groups is 1. The molecule has 1 fully saturated rings. The number of imidazole rings is 1. The number of hydrogen-bond donors (Lipinski definition) is 1. The minimum absolute atomic E-state index is 0.173. The Morgan fingerprint density at radius 2 is 2.00 bits per heavy atom. The lowest BCUT2D eigenvalue weighted by atomic mass is 10.1. The average Bonchev–Trinajstić information content (AvgIpc) is 2.92. The average molecular weight is 286 g/mol. The van der Waals surface area contributed by atoms with Crippen LogP contribution in [0, 0.1) is 0 Å². The molecular formula is C16H22N4O. The standard InChI is InChI=1S/C16H22N4O/c1-3-15(20-10-8-19(9-11-20)12(2)21)16-17-13-6-4-5-7-14(13)18-16/h4-7,15H,3,8-11H2,1-2H3,(H,17,18). The normalized spacial score (nSPS) is 18.1. The summed E-state index contributed by atoms with van der Waals surface area (Å²) in [5, 5.41) is 0. The second-order valence-corrected chi connectivity index (χ2v) is 5.61. The summed E-state index contributed by atoms with van der Waals surface area (Å²) in [5.41, 5.74) is 2.11. The topological polar surface area (TPSA) is 52.2 Å². The van der Waals surface area contributed by atoms with Gasteiger partial charge in [0.1, 0.15) is 5.82 Å². The molecule has 0 bridgehead atoms. The van der Waals surface area contributed by atoms with Crippen LogP contribution in [0.1, 0.15) is 32.1 Å². The van der Waals surface area contributed by atoms with Gasteiger partial charge in [-0.2, -0.15) is 0 Å². The minimum Gasteiger partial charge on any atom is -0.341 e. The molecule has 1 unspecified atom stereocenters. The van der Waals surface area contributed by atoms with Gasteiger partial charge < -0.3 is 9.88 Å². The number of nitrogens with one attached hydrogen (secondary N) is 1. The van der Waals surface area contributed by atoms with Crippen molar-refractivity contribution < 1.29 is 4.79 Å². The van der Waals surface area contributed by atoms with Crippen molar-refractivity contribution in [2.45, 2.75) is 26.3 Å². The number of piperazine rings is 1. The summed E-state index contributed by atoms with van der Waals surface area (Å²) in [6.07, 6.45) is 1.01. The summed E-state index contributed by atoms with van der Waals surface area (Å²) in [7, 11) is 0. The van der Waals surface area contributed by atoms with E-state index >= 15 is 0 Å². The van der Waals surface area contributed by atoms with Gasteiger partial charge in [0.25, 0.3) is 0 Å². The van der Waals surface area contributed by atoms with E-state index in [1.807, 2.05) is 23.1 Å². The van der Waals surface area contributed by atoms with E-state index in [9.17, 15) is 4.79 Å². The van der Waals surface area contributed by atoms with Gasteiger partial charge in [0.05, 0.1) is 17.1 Å². The van der Waals surface area contributed by atoms with Crippen LogP contribution >= 0.6 is 0 Å². The van der Waals surface area contributed by atoms with Crippen molar-refractivity contribution in [3.05, 3.63) is 30.1 Å². The van der Waals surface area contributed by atoms with E-state index in [-0.39, 0.29) is 5.91 Å². The van der Waals surface area contributed by atoms with Gasteiger partial charge in [-0.05, 0) is 18.6 Å². The summed E-state index contributed by atoms with van der Waals surface area (Å²) in [6, 6.07) is 8.43. The molecule has 1 aliphatic rings. The van der Waals surface area contributed by atoms with E-state index in [1.54, 1.807) is 6.92 Å². The number of benzene rings is 1. The number of fused-ring (bicyclic) bond motifs is 1. The monoisotopic (exact) mass is 286 g/mol. The van der Waals surface area contributed by atoms with E-state index in [4.69, 9.17) is 4.98 Å². The third-order valence-corrected chi connectivity index (χ3v) is 4.31. The molecule has 1 aromatic heterocycles. The maximum absolute atomic E-state index is 11.4. The Kier molecular flexibility index (Phi) is 3.92. The number of nitrogens with zero attached hydrogens (tertiary/aromatic N) is 3. The third-order valence-electron chi connectivity index (χ3n) is 4.31. The smallest absolute Gasteiger partial charge is 0.219 e. The molecule has 112 valence electrons. The highest BCUT2D eigenvalue weighted by Crippen LogP contribution is 2.25. The number of para-hydroxylation sites is 2. The first-order valence-electron chi connectivity index (χ1n) is 7.63. The van der Waals surface area contributed by atoms with Crippen LogP contribution in [0.5, 0.6) is 0 Å². The van der Waals surface area contributed by atoms with E-state index in [0.717, 1.165) is 49.5 Å². The van der Waals surface area contributed by atoms with Crippen LogP contribution < -0.4 is 0 Å². The fourth-order valence-corrected chi connectivity index (χ4v) is 3.10. The third kappa shape index (κ3) is 2.78. The number of aromatic nitrogens is 2. The van der Waals surface area contributed by atoms with Crippen molar-refractivity contribution in [3.63, 3.8) is 0 Å². The van der Waals surface area contributed by atoms with Gasteiger partial charge >= 0.3 is 0 Å². The number of carbonyl (C=O) groups excluding carboxylic acids is 1. The van der Waals surface area contributed by atoms with Gasteiger partial charge in [0, 0.05) is 33.1 Å². The molecule has 1 amide bonds. The summed E-state index contributed by atoms with van der Waals surface area (Å²) >= 11 is 0. The maximum Gasteiger partial charge on any atom is 0.219 e. The highest BCUT2D eigenvalue weighted by molar-refractivity contribution is 5.75. The molecule has 0 spiro atoms. The SMILES string of the molecule is CCC(c1nc2ccccc2[nH]1)N1CCN(C(C)=O)CC1. The Morgan fingerprint density at radius 1 is 1.29 bits per heavy atom. The van der Waals surface area contributed by atoms with Gasteiger partial charge in [-0.25, -0.2) is 4.98 Å². The number of rotatable bonds is 3. The van der Waals surface area contributed by atoms with Crippen LogP contribution in [0.2, 0.25) is 0 Å². The molecule has 1 atom stereocenters. The van der Waals surface area contributed by atoms with Crippen molar-refractivity contribution in [1.82, 2.24) is 19.8 Å². The molecule has 1 saturated heterocycles. The van der Waals surface area contributed by atoms with Gasteiger partial charge in [-0.3, -0.25) is 9.69 Å². The Labute approximate surface area is 125 Å². The van der Waals surface area contributed by atoms with Crippen LogP contribution in [0.15, 0.2) is 24.3 Å². The van der Waals surface area contributed by atoms with Crippen LogP contribution in [0.4, 0.5) is 0 Å². The fourth-order valence-electron chi connectivity index (χ4n) is 3.10.